The van der Waals surface area contributed by atoms with Gasteiger partial charge >= 0.3 is 5.97 Å². The van der Waals surface area contributed by atoms with Crippen molar-refractivity contribution in [3.05, 3.63) is 52.5 Å². The van der Waals surface area contributed by atoms with Crippen LogP contribution in [0.15, 0.2) is 36.4 Å². The van der Waals surface area contributed by atoms with E-state index in [2.05, 4.69) is 15.6 Å². The number of carbonyl (C=O) groups is 2. The van der Waals surface area contributed by atoms with Gasteiger partial charge < -0.3 is 14.8 Å². The number of unbranched alkanes of at least 4 members (excludes halogenated alkanes) is 1. The fourth-order valence-corrected chi connectivity index (χ4v) is 3.99. The van der Waals surface area contributed by atoms with Crippen LogP contribution < -0.4 is 15.4 Å². The number of nitrogens with zero attached hydrogens (tertiary/aromatic N) is 1. The first-order valence-corrected chi connectivity index (χ1v) is 11.0. The summed E-state index contributed by atoms with van der Waals surface area (Å²) in [4.78, 5) is 29.1. The Morgan fingerprint density at radius 2 is 2.03 bits per heavy atom. The quantitative estimate of drug-likeness (QED) is 0.280. The number of aromatic nitrogens is 1. The van der Waals surface area contributed by atoms with E-state index in [1.165, 1.54) is 24.5 Å². The Bertz CT molecular complexity index is 1130. The van der Waals surface area contributed by atoms with Gasteiger partial charge in [-0.3, -0.25) is 10.1 Å². The van der Waals surface area contributed by atoms with Crippen LogP contribution in [0.1, 0.15) is 40.5 Å². The van der Waals surface area contributed by atoms with Gasteiger partial charge in [0, 0.05) is 5.02 Å². The molecule has 0 fully saturated rings. The maximum Gasteiger partial charge on any atom is 0.338 e. The van der Waals surface area contributed by atoms with Crippen LogP contribution in [0.3, 0.4) is 0 Å². The first-order chi connectivity index (χ1) is 14.9. The van der Waals surface area contributed by atoms with Gasteiger partial charge in [0.2, 0.25) is 0 Å². The normalized spacial score (nSPS) is 10.5. The highest BCUT2D eigenvalue weighted by Crippen LogP contribution is 2.27. The van der Waals surface area contributed by atoms with E-state index < -0.39 is 5.91 Å². The Morgan fingerprint density at radius 1 is 1.23 bits per heavy atom. The summed E-state index contributed by atoms with van der Waals surface area (Å²) in [5.74, 6) is -0.449. The van der Waals surface area contributed by atoms with Gasteiger partial charge in [0.05, 0.1) is 35.1 Å². The number of amides is 1. The molecule has 0 saturated carbocycles. The topological polar surface area (TPSA) is 89.5 Å². The average molecular weight is 478 g/mol. The lowest BCUT2D eigenvalue weighted by molar-refractivity contribution is 0.0500. The van der Waals surface area contributed by atoms with Crippen molar-refractivity contribution in [1.29, 1.82) is 0 Å². The van der Waals surface area contributed by atoms with E-state index in [-0.39, 0.29) is 16.6 Å². The second-order valence-corrected chi connectivity index (χ2v) is 8.32. The lowest BCUT2D eigenvalue weighted by atomic mass is 10.2. The second-order valence-electron chi connectivity index (χ2n) is 6.44. The van der Waals surface area contributed by atoms with Crippen LogP contribution in [0.25, 0.3) is 10.2 Å². The molecule has 7 nitrogen and oxygen atoms in total. The number of nitrogens with one attached hydrogen (secondary N) is 2. The SMILES string of the molecule is CCCCOC(=O)c1ccc2nc(NC(=S)NC(=O)c3cc(Cl)ccc3OC)sc2c1. The van der Waals surface area contributed by atoms with Crippen molar-refractivity contribution in [2.45, 2.75) is 19.8 Å². The molecule has 3 aromatic rings. The van der Waals surface area contributed by atoms with Gasteiger partial charge in [-0.25, -0.2) is 9.78 Å². The summed E-state index contributed by atoms with van der Waals surface area (Å²) in [5.41, 5.74) is 1.42. The minimum atomic E-state index is -0.463. The summed E-state index contributed by atoms with van der Waals surface area (Å²) >= 11 is 12.5. The largest absolute Gasteiger partial charge is 0.496 e. The second kappa shape index (κ2) is 10.5. The Labute approximate surface area is 193 Å². The van der Waals surface area contributed by atoms with Crippen molar-refractivity contribution < 1.29 is 19.1 Å². The van der Waals surface area contributed by atoms with Gasteiger partial charge in [-0.15, -0.1) is 0 Å². The van der Waals surface area contributed by atoms with Crippen LogP contribution in [0.4, 0.5) is 5.13 Å². The standard InChI is InChI=1S/C21H20ClN3O4S2/c1-3-4-9-29-19(27)12-5-7-15-17(10-12)31-21(23-15)25-20(30)24-18(26)14-11-13(22)6-8-16(14)28-2/h5-8,10-11H,3-4,9H2,1-2H3,(H2,23,24,25,26,30). The van der Waals surface area contributed by atoms with Gasteiger partial charge in [0.15, 0.2) is 10.2 Å². The number of rotatable bonds is 7. The third-order valence-corrected chi connectivity index (χ3v) is 5.58. The lowest BCUT2D eigenvalue weighted by Crippen LogP contribution is -2.34. The molecular formula is C21H20ClN3O4S2. The van der Waals surface area contributed by atoms with E-state index in [1.54, 1.807) is 30.3 Å². The van der Waals surface area contributed by atoms with Crippen LogP contribution in [-0.2, 0) is 4.74 Å². The fourth-order valence-electron chi connectivity index (χ4n) is 2.65. The number of fused-ring (bicyclic) bond motifs is 1. The molecule has 0 aliphatic rings. The van der Waals surface area contributed by atoms with Gasteiger partial charge in [0.25, 0.3) is 5.91 Å². The van der Waals surface area contributed by atoms with Crippen LogP contribution in [0, 0.1) is 0 Å². The zero-order chi connectivity index (χ0) is 22.4. The van der Waals surface area contributed by atoms with Crippen LogP contribution in [-0.4, -0.2) is 35.7 Å². The van der Waals surface area contributed by atoms with Gasteiger partial charge in [-0.1, -0.05) is 36.3 Å². The number of esters is 1. The van der Waals surface area contributed by atoms with Crippen molar-refractivity contribution in [3.63, 3.8) is 0 Å². The number of carbonyl (C=O) groups excluding carboxylic acids is 2. The third-order valence-electron chi connectivity index (χ3n) is 4.21. The highest BCUT2D eigenvalue weighted by atomic mass is 35.5. The Kier molecular flexibility index (Phi) is 7.78. The van der Waals surface area contributed by atoms with Gasteiger partial charge in [-0.2, -0.15) is 0 Å². The molecule has 1 heterocycles. The number of anilines is 1. The molecule has 1 aromatic heterocycles. The summed E-state index contributed by atoms with van der Waals surface area (Å²) in [6.45, 7) is 2.43. The zero-order valence-corrected chi connectivity index (χ0v) is 19.2. The predicted molar refractivity (Wildman–Crippen MR) is 127 cm³/mol. The smallest absolute Gasteiger partial charge is 0.338 e. The van der Waals surface area contributed by atoms with Crippen molar-refractivity contribution in [3.8, 4) is 5.75 Å². The molecule has 10 heteroatoms. The number of thiazole rings is 1. The van der Waals surface area contributed by atoms with Crippen LogP contribution >= 0.6 is 35.2 Å². The highest BCUT2D eigenvalue weighted by Gasteiger charge is 2.16. The van der Waals surface area contributed by atoms with E-state index in [4.69, 9.17) is 33.3 Å². The van der Waals surface area contributed by atoms with E-state index in [0.717, 1.165) is 17.5 Å². The average Bonchev–Trinajstić information content (AvgIpc) is 3.14. The number of thiocarbonyl (C=S) groups is 1. The number of benzene rings is 2. The molecule has 0 aliphatic carbocycles. The summed E-state index contributed by atoms with van der Waals surface area (Å²) in [5, 5.41) is 6.43. The van der Waals surface area contributed by atoms with Crippen molar-refractivity contribution in [1.82, 2.24) is 10.3 Å². The molecule has 0 spiro atoms. The Balaban J connectivity index is 1.67. The molecule has 2 aromatic carbocycles. The Morgan fingerprint density at radius 3 is 2.77 bits per heavy atom. The summed E-state index contributed by atoms with van der Waals surface area (Å²) in [6.07, 6.45) is 1.78. The zero-order valence-electron chi connectivity index (χ0n) is 16.9. The number of hydrogen-bond donors (Lipinski definition) is 2. The fraction of sp³-hybridized carbons (Fsp3) is 0.238. The third kappa shape index (κ3) is 5.90. The van der Waals surface area contributed by atoms with Crippen molar-refractivity contribution in [2.24, 2.45) is 0 Å². The van der Waals surface area contributed by atoms with E-state index in [9.17, 15) is 9.59 Å². The molecule has 2 N–H and O–H groups in total. The molecule has 162 valence electrons. The monoisotopic (exact) mass is 477 g/mol. The summed E-state index contributed by atoms with van der Waals surface area (Å²) in [6, 6.07) is 9.87. The lowest BCUT2D eigenvalue weighted by Gasteiger charge is -2.10. The minimum absolute atomic E-state index is 0.0743. The molecule has 31 heavy (non-hydrogen) atoms. The van der Waals surface area contributed by atoms with Gasteiger partial charge in [-0.05, 0) is 55.0 Å². The van der Waals surface area contributed by atoms with E-state index >= 15 is 0 Å². The van der Waals surface area contributed by atoms with E-state index in [1.807, 2.05) is 6.92 Å². The van der Waals surface area contributed by atoms with E-state index in [0.29, 0.717) is 33.6 Å². The molecule has 0 aliphatic heterocycles. The summed E-state index contributed by atoms with van der Waals surface area (Å²) in [7, 11) is 1.46. The maximum atomic E-state index is 12.5. The van der Waals surface area contributed by atoms with Crippen molar-refractivity contribution >= 4 is 67.5 Å². The number of halogens is 1. The minimum Gasteiger partial charge on any atom is -0.496 e. The molecule has 0 radical (unpaired) electrons. The number of hydrogen-bond acceptors (Lipinski definition) is 7. The number of ether oxygens (including phenoxy) is 2. The molecule has 3 rings (SSSR count). The van der Waals surface area contributed by atoms with Gasteiger partial charge in [0.1, 0.15) is 5.75 Å². The molecule has 0 bridgehead atoms. The first-order valence-electron chi connectivity index (χ1n) is 9.45. The Hall–Kier alpha value is -2.75. The molecule has 0 atom stereocenters. The first kappa shape index (κ1) is 22.9. The van der Waals surface area contributed by atoms with Crippen LogP contribution in [0.2, 0.25) is 5.02 Å². The predicted octanol–water partition coefficient (Wildman–Crippen LogP) is 5.04. The van der Waals surface area contributed by atoms with Crippen LogP contribution in [0.5, 0.6) is 5.75 Å². The number of methoxy groups -OCH3 is 1. The van der Waals surface area contributed by atoms with Crippen molar-refractivity contribution in [2.75, 3.05) is 19.0 Å². The maximum absolute atomic E-state index is 12.5. The molecule has 0 unspecified atom stereocenters. The molecular weight excluding hydrogens is 458 g/mol. The molecule has 0 saturated heterocycles. The summed E-state index contributed by atoms with van der Waals surface area (Å²) < 4.78 is 11.2. The molecule has 1 amide bonds. The highest BCUT2D eigenvalue weighted by molar-refractivity contribution is 7.80.